The standard InChI is InChI=1S/C15H26N2O4/c1-6-9-11(19-7-2)13-16-14(21-17-13)12(10(4)5)15(18)20-8-3/h10-12H,6-9H2,1-5H3. The molecule has 0 amide bonds. The molecule has 6 heteroatoms. The summed E-state index contributed by atoms with van der Waals surface area (Å²) >= 11 is 0. The SMILES string of the molecule is CCCC(OCC)c1noc(C(C(=O)OCC)C(C)C)n1. The second-order valence-corrected chi connectivity index (χ2v) is 5.20. The van der Waals surface area contributed by atoms with Crippen LogP contribution in [0, 0.1) is 5.92 Å². The molecule has 2 unspecified atom stereocenters. The fraction of sp³-hybridized carbons (Fsp3) is 0.800. The van der Waals surface area contributed by atoms with E-state index >= 15 is 0 Å². The number of hydrogen-bond acceptors (Lipinski definition) is 6. The molecule has 0 bridgehead atoms. The molecule has 1 heterocycles. The van der Waals surface area contributed by atoms with Crippen LogP contribution < -0.4 is 0 Å². The molecule has 0 fully saturated rings. The molecule has 0 N–H and O–H groups in total. The van der Waals surface area contributed by atoms with Gasteiger partial charge in [-0.1, -0.05) is 32.3 Å². The predicted octanol–water partition coefficient (Wildman–Crippen LogP) is 3.25. The number of carbonyl (C=O) groups is 1. The number of carbonyl (C=O) groups excluding carboxylic acids is 1. The first kappa shape index (κ1) is 17.6. The number of ether oxygens (including phenoxy) is 2. The number of aromatic nitrogens is 2. The maximum absolute atomic E-state index is 12.0. The summed E-state index contributed by atoms with van der Waals surface area (Å²) in [5, 5.41) is 3.98. The smallest absolute Gasteiger partial charge is 0.318 e. The van der Waals surface area contributed by atoms with Gasteiger partial charge in [0.2, 0.25) is 11.7 Å². The van der Waals surface area contributed by atoms with Crippen LogP contribution in [0.4, 0.5) is 0 Å². The fourth-order valence-corrected chi connectivity index (χ4v) is 2.14. The lowest BCUT2D eigenvalue weighted by atomic mass is 9.96. The van der Waals surface area contributed by atoms with Gasteiger partial charge in [0.1, 0.15) is 12.0 Å². The Morgan fingerprint density at radius 2 is 1.95 bits per heavy atom. The second kappa shape index (κ2) is 8.77. The Hall–Kier alpha value is -1.43. The molecule has 0 aliphatic rings. The second-order valence-electron chi connectivity index (χ2n) is 5.20. The van der Waals surface area contributed by atoms with Gasteiger partial charge in [-0.25, -0.2) is 0 Å². The van der Waals surface area contributed by atoms with Crippen molar-refractivity contribution >= 4 is 5.97 Å². The molecule has 0 spiro atoms. The summed E-state index contributed by atoms with van der Waals surface area (Å²) in [5.74, 6) is -0.0294. The van der Waals surface area contributed by atoms with E-state index in [0.717, 1.165) is 12.8 Å². The maximum atomic E-state index is 12.0. The summed E-state index contributed by atoms with van der Waals surface area (Å²) in [5.41, 5.74) is 0. The van der Waals surface area contributed by atoms with Crippen molar-refractivity contribution in [1.29, 1.82) is 0 Å². The number of nitrogens with zero attached hydrogens (tertiary/aromatic N) is 2. The zero-order valence-electron chi connectivity index (χ0n) is 13.6. The van der Waals surface area contributed by atoms with E-state index in [2.05, 4.69) is 17.1 Å². The summed E-state index contributed by atoms with van der Waals surface area (Å²) in [6, 6.07) is 0. The fourth-order valence-electron chi connectivity index (χ4n) is 2.14. The van der Waals surface area contributed by atoms with Crippen molar-refractivity contribution in [2.24, 2.45) is 5.92 Å². The minimum atomic E-state index is -0.532. The molecular weight excluding hydrogens is 272 g/mol. The monoisotopic (exact) mass is 298 g/mol. The van der Waals surface area contributed by atoms with Gasteiger partial charge in [0.15, 0.2) is 0 Å². The minimum Gasteiger partial charge on any atom is -0.465 e. The molecule has 6 nitrogen and oxygen atoms in total. The Bertz CT molecular complexity index is 425. The molecule has 0 radical (unpaired) electrons. The summed E-state index contributed by atoms with van der Waals surface area (Å²) < 4.78 is 16.0. The highest BCUT2D eigenvalue weighted by Gasteiger charge is 2.32. The third-order valence-corrected chi connectivity index (χ3v) is 3.14. The Morgan fingerprint density at radius 1 is 1.24 bits per heavy atom. The van der Waals surface area contributed by atoms with Crippen molar-refractivity contribution in [2.75, 3.05) is 13.2 Å². The van der Waals surface area contributed by atoms with Crippen molar-refractivity contribution in [1.82, 2.24) is 10.1 Å². The van der Waals surface area contributed by atoms with Crippen LogP contribution in [0.2, 0.25) is 0 Å². The highest BCUT2D eigenvalue weighted by molar-refractivity contribution is 5.77. The van der Waals surface area contributed by atoms with E-state index < -0.39 is 5.92 Å². The van der Waals surface area contributed by atoms with Crippen LogP contribution in [-0.2, 0) is 14.3 Å². The molecule has 0 aliphatic heterocycles. The van der Waals surface area contributed by atoms with E-state index in [1.165, 1.54) is 0 Å². The Balaban J connectivity index is 2.94. The van der Waals surface area contributed by atoms with Gasteiger partial charge in [-0.15, -0.1) is 0 Å². The molecular formula is C15H26N2O4. The largest absolute Gasteiger partial charge is 0.465 e. The summed E-state index contributed by atoms with van der Waals surface area (Å²) in [6.07, 6.45) is 1.59. The zero-order valence-corrected chi connectivity index (χ0v) is 13.6. The van der Waals surface area contributed by atoms with Gasteiger partial charge < -0.3 is 14.0 Å². The lowest BCUT2D eigenvalue weighted by Gasteiger charge is -2.15. The molecule has 0 saturated heterocycles. The van der Waals surface area contributed by atoms with E-state index in [4.69, 9.17) is 14.0 Å². The Labute approximate surface area is 126 Å². The Kier molecular flexibility index (Phi) is 7.36. The summed E-state index contributed by atoms with van der Waals surface area (Å²) in [6.45, 7) is 10.6. The topological polar surface area (TPSA) is 74.5 Å². The molecule has 21 heavy (non-hydrogen) atoms. The van der Waals surface area contributed by atoms with Crippen LogP contribution in [-0.4, -0.2) is 29.3 Å². The predicted molar refractivity (Wildman–Crippen MR) is 77.8 cm³/mol. The average molecular weight is 298 g/mol. The van der Waals surface area contributed by atoms with Crippen molar-refractivity contribution in [3.8, 4) is 0 Å². The van der Waals surface area contributed by atoms with Crippen LogP contribution >= 0.6 is 0 Å². The van der Waals surface area contributed by atoms with Gasteiger partial charge in [0.25, 0.3) is 0 Å². The summed E-state index contributed by atoms with van der Waals surface area (Å²) in [7, 11) is 0. The molecule has 0 aromatic carbocycles. The molecule has 2 atom stereocenters. The van der Waals surface area contributed by atoms with Crippen LogP contribution in [0.15, 0.2) is 4.52 Å². The first-order valence-electron chi connectivity index (χ1n) is 7.66. The average Bonchev–Trinajstić information content (AvgIpc) is 2.87. The zero-order chi connectivity index (χ0) is 15.8. The van der Waals surface area contributed by atoms with Crippen LogP contribution in [0.1, 0.15) is 71.2 Å². The van der Waals surface area contributed by atoms with Gasteiger partial charge in [0, 0.05) is 6.61 Å². The van der Waals surface area contributed by atoms with Gasteiger partial charge in [0.05, 0.1) is 6.61 Å². The lowest BCUT2D eigenvalue weighted by Crippen LogP contribution is -2.21. The van der Waals surface area contributed by atoms with E-state index in [-0.39, 0.29) is 18.0 Å². The van der Waals surface area contributed by atoms with Crippen molar-refractivity contribution in [3.05, 3.63) is 11.7 Å². The highest BCUT2D eigenvalue weighted by atomic mass is 16.5. The normalized spacial score (nSPS) is 14.2. The van der Waals surface area contributed by atoms with Gasteiger partial charge in [-0.05, 0) is 26.2 Å². The summed E-state index contributed by atoms with van der Waals surface area (Å²) in [4.78, 5) is 16.4. The Morgan fingerprint density at radius 3 is 2.48 bits per heavy atom. The van der Waals surface area contributed by atoms with Crippen molar-refractivity contribution in [2.45, 2.75) is 59.5 Å². The van der Waals surface area contributed by atoms with E-state index in [1.54, 1.807) is 6.92 Å². The number of esters is 1. The van der Waals surface area contributed by atoms with E-state index in [1.807, 2.05) is 20.8 Å². The third kappa shape index (κ3) is 4.81. The van der Waals surface area contributed by atoms with Crippen molar-refractivity contribution < 1.29 is 18.8 Å². The first-order valence-corrected chi connectivity index (χ1v) is 7.66. The molecule has 1 aromatic heterocycles. The van der Waals surface area contributed by atoms with Crippen LogP contribution in [0.5, 0.6) is 0 Å². The molecule has 1 aromatic rings. The molecule has 120 valence electrons. The highest BCUT2D eigenvalue weighted by Crippen LogP contribution is 2.27. The third-order valence-electron chi connectivity index (χ3n) is 3.14. The quantitative estimate of drug-likeness (QED) is 0.651. The first-order chi connectivity index (χ1) is 10.0. The molecule has 0 saturated carbocycles. The maximum Gasteiger partial charge on any atom is 0.318 e. The van der Waals surface area contributed by atoms with Gasteiger partial charge in [-0.3, -0.25) is 4.79 Å². The van der Waals surface area contributed by atoms with Crippen LogP contribution in [0.3, 0.4) is 0 Å². The van der Waals surface area contributed by atoms with Crippen LogP contribution in [0.25, 0.3) is 0 Å². The molecule has 0 aliphatic carbocycles. The van der Waals surface area contributed by atoms with Gasteiger partial charge >= 0.3 is 5.97 Å². The van der Waals surface area contributed by atoms with Gasteiger partial charge in [-0.2, -0.15) is 4.98 Å². The minimum absolute atomic E-state index is 0.0223. The number of hydrogen-bond donors (Lipinski definition) is 0. The molecule has 1 rings (SSSR count). The van der Waals surface area contributed by atoms with E-state index in [0.29, 0.717) is 24.9 Å². The number of rotatable bonds is 9. The lowest BCUT2D eigenvalue weighted by molar-refractivity contribution is -0.146. The van der Waals surface area contributed by atoms with E-state index in [9.17, 15) is 4.79 Å². The van der Waals surface area contributed by atoms with Crippen molar-refractivity contribution in [3.63, 3.8) is 0 Å².